The normalized spacial score (nSPS) is 11.9. The number of nitrogens with zero attached hydrogens (tertiary/aromatic N) is 1. The molecule has 0 aliphatic rings. The molecule has 1 atom stereocenters. The Hall–Kier alpha value is -2.07. The number of halogens is 1. The van der Waals surface area contributed by atoms with Crippen LogP contribution >= 0.6 is 11.6 Å². The summed E-state index contributed by atoms with van der Waals surface area (Å²) in [6.45, 7) is 1.90. The third-order valence-corrected chi connectivity index (χ3v) is 3.05. The smallest absolute Gasteiger partial charge is 0.253 e. The van der Waals surface area contributed by atoms with Crippen molar-refractivity contribution in [2.45, 2.75) is 13.0 Å². The van der Waals surface area contributed by atoms with Crippen LogP contribution in [0.2, 0.25) is 5.02 Å². The molecule has 3 N–H and O–H groups in total. The van der Waals surface area contributed by atoms with E-state index in [1.807, 2.05) is 19.1 Å². The first kappa shape index (κ1) is 13.4. The van der Waals surface area contributed by atoms with Gasteiger partial charge in [-0.25, -0.2) is 0 Å². The van der Waals surface area contributed by atoms with Crippen molar-refractivity contribution in [3.8, 4) is 0 Å². The van der Waals surface area contributed by atoms with Gasteiger partial charge in [0.15, 0.2) is 0 Å². The zero-order valence-electron chi connectivity index (χ0n) is 10.4. The maximum Gasteiger partial charge on any atom is 0.253 e. The number of rotatable bonds is 3. The van der Waals surface area contributed by atoms with Crippen molar-refractivity contribution in [2.24, 2.45) is 0 Å². The Bertz CT molecular complexity index is 586. The van der Waals surface area contributed by atoms with Crippen LogP contribution in [0.4, 0.5) is 5.69 Å². The van der Waals surface area contributed by atoms with Crippen molar-refractivity contribution < 1.29 is 4.79 Å². The number of hydrogen-bond donors (Lipinski definition) is 2. The fourth-order valence-corrected chi connectivity index (χ4v) is 1.93. The molecule has 0 fully saturated rings. The van der Waals surface area contributed by atoms with Gasteiger partial charge in [0.05, 0.1) is 11.6 Å². The summed E-state index contributed by atoms with van der Waals surface area (Å²) in [5.74, 6) is -0.224. The topological polar surface area (TPSA) is 68.0 Å². The molecule has 0 spiro atoms. The number of hydrogen-bond acceptors (Lipinski definition) is 3. The van der Waals surface area contributed by atoms with E-state index in [1.54, 1.807) is 30.6 Å². The molecule has 2 rings (SSSR count). The predicted molar refractivity (Wildman–Crippen MR) is 76.0 cm³/mol. The second kappa shape index (κ2) is 5.71. The van der Waals surface area contributed by atoms with E-state index in [-0.39, 0.29) is 11.9 Å². The summed E-state index contributed by atoms with van der Waals surface area (Å²) in [5, 5.41) is 3.39. The molecule has 4 nitrogen and oxygen atoms in total. The Morgan fingerprint density at radius 1 is 1.32 bits per heavy atom. The lowest BCUT2D eigenvalue weighted by molar-refractivity contribution is 0.0941. The van der Waals surface area contributed by atoms with Gasteiger partial charge in [0.25, 0.3) is 5.91 Å². The van der Waals surface area contributed by atoms with Gasteiger partial charge in [-0.05, 0) is 42.8 Å². The first-order valence-corrected chi connectivity index (χ1v) is 6.21. The third-order valence-electron chi connectivity index (χ3n) is 2.81. The number of nitrogen functional groups attached to an aromatic ring is 1. The minimum Gasteiger partial charge on any atom is -0.398 e. The largest absolute Gasteiger partial charge is 0.398 e. The molecule has 19 heavy (non-hydrogen) atoms. The van der Waals surface area contributed by atoms with Crippen LogP contribution in [0.25, 0.3) is 0 Å². The summed E-state index contributed by atoms with van der Waals surface area (Å²) >= 11 is 5.80. The Morgan fingerprint density at radius 3 is 2.63 bits per heavy atom. The van der Waals surface area contributed by atoms with E-state index in [0.717, 1.165) is 5.56 Å². The predicted octanol–water partition coefficient (Wildman–Crippen LogP) is 2.81. The van der Waals surface area contributed by atoms with Crippen LogP contribution in [0.1, 0.15) is 28.9 Å². The number of carbonyl (C=O) groups is 1. The molecule has 0 saturated carbocycles. The molecule has 5 heteroatoms. The molecular weight excluding hydrogens is 262 g/mol. The zero-order chi connectivity index (χ0) is 13.8. The molecule has 1 aromatic carbocycles. The summed E-state index contributed by atoms with van der Waals surface area (Å²) in [5.41, 5.74) is 7.55. The van der Waals surface area contributed by atoms with Crippen molar-refractivity contribution in [2.75, 3.05) is 5.73 Å². The molecular formula is C14H14ClN3O. The maximum absolute atomic E-state index is 12.1. The average Bonchev–Trinajstić information content (AvgIpc) is 2.39. The lowest BCUT2D eigenvalue weighted by Crippen LogP contribution is -2.27. The van der Waals surface area contributed by atoms with Crippen molar-refractivity contribution >= 4 is 23.2 Å². The van der Waals surface area contributed by atoms with E-state index >= 15 is 0 Å². The Balaban J connectivity index is 2.13. The number of benzene rings is 1. The molecule has 0 aliphatic carbocycles. The monoisotopic (exact) mass is 275 g/mol. The zero-order valence-corrected chi connectivity index (χ0v) is 11.2. The molecule has 1 aromatic heterocycles. The van der Waals surface area contributed by atoms with Crippen molar-refractivity contribution in [1.82, 2.24) is 10.3 Å². The summed E-state index contributed by atoms with van der Waals surface area (Å²) in [7, 11) is 0. The summed E-state index contributed by atoms with van der Waals surface area (Å²) in [6.07, 6.45) is 3.38. The molecule has 0 aliphatic heterocycles. The summed E-state index contributed by atoms with van der Waals surface area (Å²) < 4.78 is 0. The lowest BCUT2D eigenvalue weighted by atomic mass is 10.1. The van der Waals surface area contributed by atoms with Crippen LogP contribution in [0.5, 0.6) is 0 Å². The van der Waals surface area contributed by atoms with E-state index in [1.165, 1.54) is 0 Å². The molecule has 1 amide bonds. The molecule has 2 aromatic rings. The van der Waals surface area contributed by atoms with Gasteiger partial charge < -0.3 is 11.1 Å². The highest BCUT2D eigenvalue weighted by molar-refractivity contribution is 6.31. The van der Waals surface area contributed by atoms with Crippen LogP contribution in [0, 0.1) is 0 Å². The van der Waals surface area contributed by atoms with Crippen LogP contribution in [-0.4, -0.2) is 10.9 Å². The molecule has 0 unspecified atom stereocenters. The number of pyridine rings is 1. The minimum absolute atomic E-state index is 0.120. The van der Waals surface area contributed by atoms with Crippen molar-refractivity contribution in [3.63, 3.8) is 0 Å². The van der Waals surface area contributed by atoms with Crippen LogP contribution in [0.15, 0.2) is 42.7 Å². The van der Waals surface area contributed by atoms with E-state index in [4.69, 9.17) is 17.3 Å². The van der Waals surface area contributed by atoms with Crippen LogP contribution in [-0.2, 0) is 0 Å². The highest BCUT2D eigenvalue weighted by Crippen LogP contribution is 2.19. The fraction of sp³-hybridized carbons (Fsp3) is 0.143. The van der Waals surface area contributed by atoms with Crippen molar-refractivity contribution in [1.29, 1.82) is 0 Å². The lowest BCUT2D eigenvalue weighted by Gasteiger charge is -2.15. The third kappa shape index (κ3) is 3.23. The Labute approximate surface area is 116 Å². The molecule has 1 heterocycles. The maximum atomic E-state index is 12.1. The highest BCUT2D eigenvalue weighted by Gasteiger charge is 2.13. The number of amides is 1. The second-order valence-electron chi connectivity index (χ2n) is 4.21. The van der Waals surface area contributed by atoms with Gasteiger partial charge in [-0.3, -0.25) is 9.78 Å². The Kier molecular flexibility index (Phi) is 4.02. The minimum atomic E-state index is -0.224. The SMILES string of the molecule is C[C@@H](NC(=O)c1ccc(Cl)cc1N)c1ccncc1. The van der Waals surface area contributed by atoms with E-state index < -0.39 is 0 Å². The second-order valence-corrected chi connectivity index (χ2v) is 4.64. The van der Waals surface area contributed by atoms with Gasteiger partial charge in [-0.15, -0.1) is 0 Å². The van der Waals surface area contributed by atoms with Gasteiger partial charge in [-0.2, -0.15) is 0 Å². The van der Waals surface area contributed by atoms with E-state index in [2.05, 4.69) is 10.3 Å². The van der Waals surface area contributed by atoms with Crippen LogP contribution in [0.3, 0.4) is 0 Å². The summed E-state index contributed by atoms with van der Waals surface area (Å²) in [4.78, 5) is 16.1. The number of aromatic nitrogens is 1. The molecule has 0 saturated heterocycles. The van der Waals surface area contributed by atoms with Crippen LogP contribution < -0.4 is 11.1 Å². The number of carbonyl (C=O) groups excluding carboxylic acids is 1. The summed E-state index contributed by atoms with van der Waals surface area (Å²) in [6, 6.07) is 8.42. The Morgan fingerprint density at radius 2 is 2.00 bits per heavy atom. The molecule has 98 valence electrons. The average molecular weight is 276 g/mol. The van der Waals surface area contributed by atoms with Gasteiger partial charge >= 0.3 is 0 Å². The quantitative estimate of drug-likeness (QED) is 0.847. The standard InChI is InChI=1S/C14H14ClN3O/c1-9(10-4-6-17-7-5-10)18-14(19)12-3-2-11(15)8-13(12)16/h2-9H,16H2,1H3,(H,18,19)/t9-/m1/s1. The number of nitrogens with two attached hydrogens (primary N) is 1. The van der Waals surface area contributed by atoms with Gasteiger partial charge in [0.1, 0.15) is 0 Å². The van der Waals surface area contributed by atoms with E-state index in [0.29, 0.717) is 16.3 Å². The first-order chi connectivity index (χ1) is 9.08. The number of anilines is 1. The van der Waals surface area contributed by atoms with Gasteiger partial charge in [0.2, 0.25) is 0 Å². The number of nitrogens with one attached hydrogen (secondary N) is 1. The van der Waals surface area contributed by atoms with Gasteiger partial charge in [-0.1, -0.05) is 11.6 Å². The molecule has 0 bridgehead atoms. The van der Waals surface area contributed by atoms with Crippen molar-refractivity contribution in [3.05, 3.63) is 58.9 Å². The first-order valence-electron chi connectivity index (χ1n) is 5.83. The molecule has 0 radical (unpaired) electrons. The van der Waals surface area contributed by atoms with E-state index in [9.17, 15) is 4.79 Å². The highest BCUT2D eigenvalue weighted by atomic mass is 35.5. The fourth-order valence-electron chi connectivity index (χ4n) is 1.75. The van der Waals surface area contributed by atoms with Gasteiger partial charge in [0, 0.05) is 23.1 Å².